The van der Waals surface area contributed by atoms with Crippen molar-refractivity contribution >= 4 is 0 Å². The summed E-state index contributed by atoms with van der Waals surface area (Å²) in [5.41, 5.74) is 0. The highest BCUT2D eigenvalue weighted by Crippen LogP contribution is 2.18. The third kappa shape index (κ3) is 33.6. The van der Waals surface area contributed by atoms with E-state index in [0.717, 1.165) is 64.6 Å². The van der Waals surface area contributed by atoms with Crippen LogP contribution >= 0.6 is 0 Å². The van der Waals surface area contributed by atoms with Crippen LogP contribution in [0.4, 0.5) is 0 Å². The van der Waals surface area contributed by atoms with Crippen LogP contribution in [0.3, 0.4) is 0 Å². The Morgan fingerprint density at radius 1 is 0.372 bits per heavy atom. The topological polar surface area (TPSA) is 27.7 Å². The molecule has 0 saturated heterocycles. The molecule has 0 radical (unpaired) electrons. The summed E-state index contributed by atoms with van der Waals surface area (Å²) in [5.74, 6) is 0. The molecule has 0 aliphatic heterocycles. The Morgan fingerprint density at radius 2 is 0.721 bits per heavy atom. The van der Waals surface area contributed by atoms with Gasteiger partial charge in [0.05, 0.1) is 0 Å². The van der Waals surface area contributed by atoms with Crippen LogP contribution in [-0.4, -0.2) is 25.8 Å². The molecule has 0 aliphatic carbocycles. The molecule has 252 valence electrons. The predicted molar refractivity (Wildman–Crippen MR) is 191 cm³/mol. The molecule has 2 atom stereocenters. The van der Waals surface area contributed by atoms with Crippen LogP contribution in [0.2, 0.25) is 0 Å². The number of hydrogen-bond acceptors (Lipinski definition) is 3. The molecular weight excluding hydrogens is 528 g/mol. The van der Waals surface area contributed by atoms with Crippen molar-refractivity contribution in [3.05, 3.63) is 48.6 Å². The zero-order valence-corrected chi connectivity index (χ0v) is 29.4. The SMILES string of the molecule is CCCC/C=C\C=C\CCCCC(OCCCCCCC)OC(CCCC/C=C/C=C\CCCC)OCCCCCCC. The van der Waals surface area contributed by atoms with E-state index in [1.807, 2.05) is 0 Å². The van der Waals surface area contributed by atoms with Crippen molar-refractivity contribution < 1.29 is 14.2 Å². The van der Waals surface area contributed by atoms with Crippen LogP contribution in [0, 0.1) is 0 Å². The molecule has 43 heavy (non-hydrogen) atoms. The second-order valence-corrected chi connectivity index (χ2v) is 12.1. The van der Waals surface area contributed by atoms with Crippen molar-refractivity contribution in [2.24, 2.45) is 0 Å². The first-order valence-electron chi connectivity index (χ1n) is 18.8. The minimum atomic E-state index is -0.165. The number of allylic oxidation sites excluding steroid dienone is 8. The van der Waals surface area contributed by atoms with Crippen LogP contribution in [0.1, 0.15) is 182 Å². The highest BCUT2D eigenvalue weighted by Gasteiger charge is 2.18. The minimum absolute atomic E-state index is 0.165. The normalized spacial score (nSPS) is 13.9. The van der Waals surface area contributed by atoms with Crippen LogP contribution in [0.5, 0.6) is 0 Å². The molecular formula is C40H74O3. The number of ether oxygens (including phenoxy) is 3. The van der Waals surface area contributed by atoms with Gasteiger partial charge in [-0.05, 0) is 77.0 Å². The summed E-state index contributed by atoms with van der Waals surface area (Å²) in [5, 5.41) is 0. The lowest BCUT2D eigenvalue weighted by Gasteiger charge is -2.25. The number of unbranched alkanes of at least 4 members (excludes halogenated alkanes) is 16. The zero-order chi connectivity index (χ0) is 31.3. The Hall–Kier alpha value is -1.16. The van der Waals surface area contributed by atoms with E-state index < -0.39 is 0 Å². The van der Waals surface area contributed by atoms with E-state index in [0.29, 0.717) is 0 Å². The summed E-state index contributed by atoms with van der Waals surface area (Å²) < 4.78 is 19.3. The average molecular weight is 603 g/mol. The van der Waals surface area contributed by atoms with Gasteiger partial charge < -0.3 is 14.2 Å². The van der Waals surface area contributed by atoms with Gasteiger partial charge in [0.2, 0.25) is 0 Å². The molecule has 0 fully saturated rings. The van der Waals surface area contributed by atoms with E-state index in [1.165, 1.54) is 103 Å². The van der Waals surface area contributed by atoms with Crippen molar-refractivity contribution in [3.8, 4) is 0 Å². The van der Waals surface area contributed by atoms with Crippen molar-refractivity contribution in [3.63, 3.8) is 0 Å². The van der Waals surface area contributed by atoms with Crippen LogP contribution in [0.25, 0.3) is 0 Å². The van der Waals surface area contributed by atoms with Crippen LogP contribution in [0.15, 0.2) is 48.6 Å². The lowest BCUT2D eigenvalue weighted by Crippen LogP contribution is -2.28. The molecule has 0 aromatic carbocycles. The molecule has 0 heterocycles. The monoisotopic (exact) mass is 603 g/mol. The predicted octanol–water partition coefficient (Wildman–Crippen LogP) is 13.4. The fourth-order valence-corrected chi connectivity index (χ4v) is 4.88. The first-order chi connectivity index (χ1) is 21.3. The third-order valence-electron chi connectivity index (χ3n) is 7.74. The summed E-state index contributed by atoms with van der Waals surface area (Å²) in [6, 6.07) is 0. The van der Waals surface area contributed by atoms with Crippen molar-refractivity contribution in [2.75, 3.05) is 13.2 Å². The second-order valence-electron chi connectivity index (χ2n) is 12.1. The Kier molecular flexibility index (Phi) is 36.0. The van der Waals surface area contributed by atoms with Crippen molar-refractivity contribution in [2.45, 2.75) is 194 Å². The zero-order valence-electron chi connectivity index (χ0n) is 29.4. The average Bonchev–Trinajstić information content (AvgIpc) is 3.01. The van der Waals surface area contributed by atoms with E-state index in [2.05, 4.69) is 76.3 Å². The molecule has 3 heteroatoms. The highest BCUT2D eigenvalue weighted by molar-refractivity contribution is 5.02. The summed E-state index contributed by atoms with van der Waals surface area (Å²) >= 11 is 0. The Morgan fingerprint density at radius 3 is 1.09 bits per heavy atom. The fraction of sp³-hybridized carbons (Fsp3) is 0.800. The smallest absolute Gasteiger partial charge is 0.160 e. The second kappa shape index (κ2) is 37.0. The van der Waals surface area contributed by atoms with Gasteiger partial charge in [-0.2, -0.15) is 0 Å². The summed E-state index contributed by atoms with van der Waals surface area (Å²) in [6.07, 6.45) is 46.3. The van der Waals surface area contributed by atoms with E-state index in [1.54, 1.807) is 0 Å². The molecule has 0 bridgehead atoms. The Balaban J connectivity index is 4.80. The van der Waals surface area contributed by atoms with Gasteiger partial charge in [-0.1, -0.05) is 153 Å². The maximum atomic E-state index is 6.57. The van der Waals surface area contributed by atoms with Crippen molar-refractivity contribution in [1.82, 2.24) is 0 Å². The summed E-state index contributed by atoms with van der Waals surface area (Å²) in [7, 11) is 0. The van der Waals surface area contributed by atoms with Gasteiger partial charge in [0.1, 0.15) is 0 Å². The first kappa shape index (κ1) is 41.8. The van der Waals surface area contributed by atoms with Gasteiger partial charge in [-0.15, -0.1) is 0 Å². The molecule has 0 saturated carbocycles. The molecule has 0 spiro atoms. The molecule has 0 aliphatic rings. The molecule has 3 nitrogen and oxygen atoms in total. The maximum absolute atomic E-state index is 6.57. The third-order valence-corrected chi connectivity index (χ3v) is 7.74. The van der Waals surface area contributed by atoms with Gasteiger partial charge >= 0.3 is 0 Å². The van der Waals surface area contributed by atoms with Crippen LogP contribution < -0.4 is 0 Å². The summed E-state index contributed by atoms with van der Waals surface area (Å²) in [6.45, 7) is 10.6. The van der Waals surface area contributed by atoms with E-state index in [4.69, 9.17) is 14.2 Å². The van der Waals surface area contributed by atoms with E-state index in [9.17, 15) is 0 Å². The number of hydrogen-bond donors (Lipinski definition) is 0. The lowest BCUT2D eigenvalue weighted by molar-refractivity contribution is -0.250. The molecule has 0 aromatic heterocycles. The van der Waals surface area contributed by atoms with Gasteiger partial charge in [-0.3, -0.25) is 0 Å². The Bertz CT molecular complexity index is 582. The molecule has 0 N–H and O–H groups in total. The number of rotatable bonds is 34. The Labute approximate surface area is 270 Å². The molecule has 2 unspecified atom stereocenters. The minimum Gasteiger partial charge on any atom is -0.353 e. The molecule has 0 amide bonds. The fourth-order valence-electron chi connectivity index (χ4n) is 4.88. The standard InChI is InChI=1S/C40H74O3/c1-5-9-13-17-19-21-23-25-27-31-35-39(41-37-33-29-15-11-7-3)43-40(42-38-34-30-16-12-8-4)36-32-28-26-24-22-20-18-14-10-6-2/h17-24,39-40H,5-16,25-38H2,1-4H3/b19-17-,20-18-,23-21+,24-22+. The van der Waals surface area contributed by atoms with Gasteiger partial charge in [0, 0.05) is 13.2 Å². The largest absolute Gasteiger partial charge is 0.353 e. The first-order valence-corrected chi connectivity index (χ1v) is 18.8. The van der Waals surface area contributed by atoms with Gasteiger partial charge in [0.25, 0.3) is 0 Å². The molecule has 0 aromatic rings. The van der Waals surface area contributed by atoms with Gasteiger partial charge in [-0.25, -0.2) is 0 Å². The molecule has 0 rings (SSSR count). The van der Waals surface area contributed by atoms with E-state index >= 15 is 0 Å². The van der Waals surface area contributed by atoms with Crippen LogP contribution in [-0.2, 0) is 14.2 Å². The van der Waals surface area contributed by atoms with Gasteiger partial charge in [0.15, 0.2) is 12.6 Å². The maximum Gasteiger partial charge on any atom is 0.160 e. The van der Waals surface area contributed by atoms with Crippen molar-refractivity contribution in [1.29, 1.82) is 0 Å². The highest BCUT2D eigenvalue weighted by atomic mass is 16.8. The van der Waals surface area contributed by atoms with E-state index in [-0.39, 0.29) is 12.6 Å². The lowest BCUT2D eigenvalue weighted by atomic mass is 10.1. The summed E-state index contributed by atoms with van der Waals surface area (Å²) in [4.78, 5) is 0. The quantitative estimate of drug-likeness (QED) is 0.0416.